The number of halogens is 3. The number of alkyl halides is 3. The molecule has 0 aliphatic heterocycles. The third-order valence-electron chi connectivity index (χ3n) is 11.6. The van der Waals surface area contributed by atoms with Gasteiger partial charge in [0.05, 0.1) is 50.4 Å². The Labute approximate surface area is 349 Å². The summed E-state index contributed by atoms with van der Waals surface area (Å²) in [7, 11) is 0. The molecule has 8 aromatic carbocycles. The van der Waals surface area contributed by atoms with Crippen LogP contribution in [-0.4, -0.2) is 19.1 Å². The van der Waals surface area contributed by atoms with E-state index in [0.717, 1.165) is 88.9 Å². The Kier molecular flexibility index (Phi) is 8.46. The number of rotatable bonds is 6. The highest BCUT2D eigenvalue weighted by atomic mass is 19.4. The maximum atomic E-state index is 14.3. The van der Waals surface area contributed by atoms with Crippen LogP contribution in [0.25, 0.3) is 100 Å². The van der Waals surface area contributed by atoms with Gasteiger partial charge in [0.25, 0.3) is 0 Å². The molecule has 0 saturated heterocycles. The third kappa shape index (κ3) is 6.16. The van der Waals surface area contributed by atoms with Gasteiger partial charge in [-0.1, -0.05) is 133 Å². The van der Waals surface area contributed by atoms with Crippen molar-refractivity contribution in [3.63, 3.8) is 0 Å². The summed E-state index contributed by atoms with van der Waals surface area (Å²) in [6, 6.07) is 63.7. The van der Waals surface area contributed by atoms with E-state index in [4.69, 9.17) is 9.97 Å². The Morgan fingerprint density at radius 2 is 0.918 bits per heavy atom. The van der Waals surface area contributed by atoms with Crippen molar-refractivity contribution in [3.8, 4) is 56.4 Å². The van der Waals surface area contributed by atoms with Crippen LogP contribution in [0.4, 0.5) is 13.2 Å². The fraction of sp³-hybridized carbons (Fsp3) is 0.0370. The number of para-hydroxylation sites is 3. The fourth-order valence-corrected chi connectivity index (χ4v) is 8.83. The minimum absolute atomic E-state index is 0.537. The molecule has 0 bridgehead atoms. The molecule has 61 heavy (non-hydrogen) atoms. The lowest BCUT2D eigenvalue weighted by Crippen LogP contribution is -2.05. The van der Waals surface area contributed by atoms with E-state index < -0.39 is 11.7 Å². The van der Waals surface area contributed by atoms with Crippen molar-refractivity contribution in [2.24, 2.45) is 0 Å². The summed E-state index contributed by atoms with van der Waals surface area (Å²) >= 11 is 0. The quantitative estimate of drug-likeness (QED) is 0.168. The zero-order valence-corrected chi connectivity index (χ0v) is 32.9. The summed E-state index contributed by atoms with van der Waals surface area (Å²) in [4.78, 5) is 10.2. The summed E-state index contributed by atoms with van der Waals surface area (Å²) in [5.41, 5.74) is 11.8. The molecule has 0 spiro atoms. The Morgan fingerprint density at radius 3 is 1.59 bits per heavy atom. The van der Waals surface area contributed by atoms with Crippen LogP contribution in [0.3, 0.4) is 0 Å². The summed E-state index contributed by atoms with van der Waals surface area (Å²) < 4.78 is 47.2. The van der Waals surface area contributed by atoms with Gasteiger partial charge >= 0.3 is 6.18 Å². The largest absolute Gasteiger partial charge is 0.416 e. The van der Waals surface area contributed by atoms with Crippen LogP contribution in [0.15, 0.2) is 194 Å². The molecular formula is C54H35F3N4. The van der Waals surface area contributed by atoms with Crippen LogP contribution in [0.5, 0.6) is 0 Å². The molecule has 3 heterocycles. The molecule has 0 aliphatic carbocycles. The molecule has 0 unspecified atom stereocenters. The highest BCUT2D eigenvalue weighted by Crippen LogP contribution is 2.43. The number of aryl methyl sites for hydroxylation is 1. The van der Waals surface area contributed by atoms with Gasteiger partial charge in [0, 0.05) is 49.4 Å². The molecule has 11 rings (SSSR count). The molecule has 4 nitrogen and oxygen atoms in total. The number of benzene rings is 8. The first kappa shape index (κ1) is 36.3. The van der Waals surface area contributed by atoms with E-state index in [0.29, 0.717) is 16.7 Å². The average Bonchev–Trinajstić information content (AvgIpc) is 3.81. The Hall–Kier alpha value is -7.77. The second kappa shape index (κ2) is 14.2. The van der Waals surface area contributed by atoms with E-state index in [1.54, 1.807) is 6.07 Å². The number of fused-ring (bicyclic) bond motifs is 6. The topological polar surface area (TPSA) is 35.6 Å². The fourth-order valence-electron chi connectivity index (χ4n) is 8.83. The third-order valence-corrected chi connectivity index (χ3v) is 11.6. The maximum Gasteiger partial charge on any atom is 0.416 e. The van der Waals surface area contributed by atoms with E-state index in [-0.39, 0.29) is 0 Å². The monoisotopic (exact) mass is 796 g/mol. The van der Waals surface area contributed by atoms with Crippen LogP contribution >= 0.6 is 0 Å². The van der Waals surface area contributed by atoms with Gasteiger partial charge in [-0.2, -0.15) is 13.2 Å². The summed E-state index contributed by atoms with van der Waals surface area (Å²) in [6.45, 7) is 1.97. The Morgan fingerprint density at radius 1 is 0.393 bits per heavy atom. The van der Waals surface area contributed by atoms with Crippen molar-refractivity contribution in [2.75, 3.05) is 0 Å². The van der Waals surface area contributed by atoms with Crippen LogP contribution in [0, 0.1) is 6.92 Å². The van der Waals surface area contributed by atoms with Crippen LogP contribution in [-0.2, 0) is 6.18 Å². The van der Waals surface area contributed by atoms with Gasteiger partial charge < -0.3 is 9.13 Å². The van der Waals surface area contributed by atoms with Crippen molar-refractivity contribution in [3.05, 3.63) is 205 Å². The van der Waals surface area contributed by atoms with Gasteiger partial charge in [-0.3, -0.25) is 0 Å². The molecule has 7 heteroatoms. The highest BCUT2D eigenvalue weighted by Gasteiger charge is 2.31. The summed E-state index contributed by atoms with van der Waals surface area (Å²) in [5, 5.41) is 3.57. The molecule has 0 atom stereocenters. The van der Waals surface area contributed by atoms with Crippen molar-refractivity contribution >= 4 is 43.6 Å². The Balaban J connectivity index is 1.23. The average molecular weight is 797 g/mol. The normalized spacial score (nSPS) is 11.9. The van der Waals surface area contributed by atoms with Crippen LogP contribution < -0.4 is 0 Å². The van der Waals surface area contributed by atoms with Gasteiger partial charge in [0.15, 0.2) is 5.82 Å². The van der Waals surface area contributed by atoms with E-state index in [1.165, 1.54) is 12.1 Å². The zero-order valence-electron chi connectivity index (χ0n) is 32.9. The summed E-state index contributed by atoms with van der Waals surface area (Å²) in [6.07, 6.45) is -4.49. The van der Waals surface area contributed by atoms with Crippen LogP contribution in [0.2, 0.25) is 0 Å². The van der Waals surface area contributed by atoms with Crippen molar-refractivity contribution in [1.29, 1.82) is 0 Å². The highest BCUT2D eigenvalue weighted by molar-refractivity contribution is 6.12. The van der Waals surface area contributed by atoms with E-state index in [2.05, 4.69) is 94.1 Å². The lowest BCUT2D eigenvalue weighted by molar-refractivity contribution is -0.137. The van der Waals surface area contributed by atoms with Crippen molar-refractivity contribution < 1.29 is 13.2 Å². The summed E-state index contributed by atoms with van der Waals surface area (Å²) in [5.74, 6) is 0.603. The lowest BCUT2D eigenvalue weighted by atomic mass is 9.96. The molecular weight excluding hydrogens is 762 g/mol. The standard InChI is InChI=1S/C54H35F3N4/c1-34-24-27-50-42(30-34)44-32-38(54(55,56)57)26-29-52(44)61(50)51-28-25-37(46-33-45(35-14-4-2-5-15-35)58-53(59-46)36-16-6-3-7-17-36)31-43(51)41-20-10-13-23-49(41)60-47-21-11-8-18-39(47)40-19-9-12-22-48(40)60/h2-33H,1H3. The molecule has 11 aromatic rings. The minimum atomic E-state index is -4.49. The molecule has 0 radical (unpaired) electrons. The van der Waals surface area contributed by atoms with Gasteiger partial charge in [0.1, 0.15) is 0 Å². The Bertz CT molecular complexity index is 3360. The lowest BCUT2D eigenvalue weighted by Gasteiger charge is -2.20. The number of aromatic nitrogens is 4. The van der Waals surface area contributed by atoms with Gasteiger partial charge in [-0.05, 0) is 73.7 Å². The minimum Gasteiger partial charge on any atom is -0.309 e. The number of hydrogen-bond donors (Lipinski definition) is 0. The number of hydrogen-bond acceptors (Lipinski definition) is 2. The van der Waals surface area contributed by atoms with E-state index >= 15 is 0 Å². The molecule has 292 valence electrons. The zero-order chi connectivity index (χ0) is 41.2. The molecule has 0 aliphatic rings. The predicted octanol–water partition coefficient (Wildman–Crippen LogP) is 14.7. The SMILES string of the molecule is Cc1ccc2c(c1)c1cc(C(F)(F)F)ccc1n2-c1ccc(-c2cc(-c3ccccc3)nc(-c3ccccc3)n2)cc1-c1ccccc1-n1c2ccccc2c2ccccc21. The van der Waals surface area contributed by atoms with Gasteiger partial charge in [-0.15, -0.1) is 0 Å². The first-order valence-corrected chi connectivity index (χ1v) is 20.1. The molecule has 3 aromatic heterocycles. The predicted molar refractivity (Wildman–Crippen MR) is 242 cm³/mol. The number of nitrogens with zero attached hydrogens (tertiary/aromatic N) is 4. The second-order valence-electron chi connectivity index (χ2n) is 15.4. The van der Waals surface area contributed by atoms with E-state index in [9.17, 15) is 13.2 Å². The first-order chi connectivity index (χ1) is 29.8. The smallest absolute Gasteiger partial charge is 0.309 e. The van der Waals surface area contributed by atoms with E-state index in [1.807, 2.05) is 97.9 Å². The van der Waals surface area contributed by atoms with Gasteiger partial charge in [-0.25, -0.2) is 9.97 Å². The van der Waals surface area contributed by atoms with Gasteiger partial charge in [0.2, 0.25) is 0 Å². The maximum absolute atomic E-state index is 14.3. The molecule has 0 fully saturated rings. The van der Waals surface area contributed by atoms with Crippen molar-refractivity contribution in [2.45, 2.75) is 13.1 Å². The second-order valence-corrected chi connectivity index (χ2v) is 15.4. The van der Waals surface area contributed by atoms with Crippen LogP contribution in [0.1, 0.15) is 11.1 Å². The first-order valence-electron chi connectivity index (χ1n) is 20.1. The molecule has 0 N–H and O–H groups in total. The molecule has 0 amide bonds. The van der Waals surface area contributed by atoms with Crippen molar-refractivity contribution in [1.82, 2.24) is 19.1 Å². The molecule has 0 saturated carbocycles.